The van der Waals surface area contributed by atoms with Gasteiger partial charge in [0.15, 0.2) is 0 Å². The molecule has 1 aliphatic carbocycles. The second-order valence-electron chi connectivity index (χ2n) is 4.59. The van der Waals surface area contributed by atoms with Crippen LogP contribution in [0.5, 0.6) is 5.75 Å². The van der Waals surface area contributed by atoms with Crippen LogP contribution in [0.2, 0.25) is 0 Å². The molecule has 1 aromatic carbocycles. The summed E-state index contributed by atoms with van der Waals surface area (Å²) < 4.78 is 18.6. The van der Waals surface area contributed by atoms with Crippen molar-refractivity contribution in [2.24, 2.45) is 0 Å². The smallest absolute Gasteiger partial charge is 0.221 e. The van der Waals surface area contributed by atoms with Crippen LogP contribution >= 0.6 is 0 Å². The Kier molecular flexibility index (Phi) is 4.09. The SMILES string of the molecule is COc1cc(NCCC(=O)NC2CC2)c(F)cc1N. The van der Waals surface area contributed by atoms with Gasteiger partial charge >= 0.3 is 0 Å². The van der Waals surface area contributed by atoms with Gasteiger partial charge in [-0.2, -0.15) is 0 Å². The lowest BCUT2D eigenvalue weighted by Crippen LogP contribution is -2.27. The van der Waals surface area contributed by atoms with E-state index in [0.29, 0.717) is 24.8 Å². The van der Waals surface area contributed by atoms with Gasteiger partial charge in [0.05, 0.1) is 18.5 Å². The van der Waals surface area contributed by atoms with E-state index in [1.54, 1.807) is 0 Å². The number of anilines is 2. The van der Waals surface area contributed by atoms with Crippen molar-refractivity contribution in [2.45, 2.75) is 25.3 Å². The second kappa shape index (κ2) is 5.77. The number of nitrogen functional groups attached to an aromatic ring is 1. The zero-order valence-electron chi connectivity index (χ0n) is 10.8. The zero-order valence-corrected chi connectivity index (χ0v) is 10.8. The highest BCUT2D eigenvalue weighted by molar-refractivity contribution is 5.77. The topological polar surface area (TPSA) is 76.4 Å². The van der Waals surface area contributed by atoms with E-state index in [4.69, 9.17) is 10.5 Å². The van der Waals surface area contributed by atoms with Crippen molar-refractivity contribution in [3.8, 4) is 5.75 Å². The standard InChI is InChI=1S/C13H18FN3O2/c1-19-12-7-11(9(14)6-10(12)15)16-5-4-13(18)17-8-2-3-8/h6-8,16H,2-5,15H2,1H3,(H,17,18). The third-order valence-corrected chi connectivity index (χ3v) is 2.93. The summed E-state index contributed by atoms with van der Waals surface area (Å²) >= 11 is 0. The fraction of sp³-hybridized carbons (Fsp3) is 0.462. The molecule has 0 unspecified atom stereocenters. The maximum atomic E-state index is 13.6. The largest absolute Gasteiger partial charge is 0.495 e. The van der Waals surface area contributed by atoms with Crippen LogP contribution in [0.4, 0.5) is 15.8 Å². The zero-order chi connectivity index (χ0) is 13.8. The molecular formula is C13H18FN3O2. The summed E-state index contributed by atoms with van der Waals surface area (Å²) in [4.78, 5) is 11.5. The number of amides is 1. The number of benzene rings is 1. The number of ether oxygens (including phenoxy) is 1. The van der Waals surface area contributed by atoms with Crippen LogP contribution in [-0.2, 0) is 4.79 Å². The summed E-state index contributed by atoms with van der Waals surface area (Å²) in [6, 6.07) is 3.04. The monoisotopic (exact) mass is 267 g/mol. The molecule has 2 rings (SSSR count). The maximum Gasteiger partial charge on any atom is 0.221 e. The molecular weight excluding hydrogens is 249 g/mol. The minimum absolute atomic E-state index is 0.0159. The molecule has 0 aliphatic heterocycles. The highest BCUT2D eigenvalue weighted by Gasteiger charge is 2.22. The normalized spacial score (nSPS) is 14.0. The summed E-state index contributed by atoms with van der Waals surface area (Å²) in [7, 11) is 1.47. The molecule has 0 radical (unpaired) electrons. The summed E-state index contributed by atoms with van der Waals surface area (Å²) in [6.07, 6.45) is 2.43. The third-order valence-electron chi connectivity index (χ3n) is 2.93. The first-order valence-electron chi connectivity index (χ1n) is 6.26. The van der Waals surface area contributed by atoms with Gasteiger partial charge in [-0.05, 0) is 12.8 Å². The number of rotatable bonds is 6. The van der Waals surface area contributed by atoms with Gasteiger partial charge < -0.3 is 21.1 Å². The number of halogens is 1. The molecule has 1 aliphatic rings. The first-order valence-corrected chi connectivity index (χ1v) is 6.26. The fourth-order valence-corrected chi connectivity index (χ4v) is 1.72. The summed E-state index contributed by atoms with van der Waals surface area (Å²) in [5.41, 5.74) is 6.11. The third kappa shape index (κ3) is 3.74. The molecule has 0 heterocycles. The lowest BCUT2D eigenvalue weighted by molar-refractivity contribution is -0.120. The molecule has 0 aromatic heterocycles. The molecule has 4 N–H and O–H groups in total. The van der Waals surface area contributed by atoms with Gasteiger partial charge in [0.1, 0.15) is 11.6 Å². The number of nitrogens with two attached hydrogens (primary N) is 1. The van der Waals surface area contributed by atoms with Crippen molar-refractivity contribution in [1.82, 2.24) is 5.32 Å². The highest BCUT2D eigenvalue weighted by Crippen LogP contribution is 2.28. The fourth-order valence-electron chi connectivity index (χ4n) is 1.72. The van der Waals surface area contributed by atoms with E-state index in [1.165, 1.54) is 19.2 Å². The Balaban J connectivity index is 1.86. The lowest BCUT2D eigenvalue weighted by atomic mass is 10.2. The molecule has 104 valence electrons. The number of hydrogen-bond donors (Lipinski definition) is 3. The van der Waals surface area contributed by atoms with Crippen molar-refractivity contribution < 1.29 is 13.9 Å². The molecule has 1 fully saturated rings. The number of hydrogen-bond acceptors (Lipinski definition) is 4. The average molecular weight is 267 g/mol. The summed E-state index contributed by atoms with van der Waals surface area (Å²) in [6.45, 7) is 0.364. The Morgan fingerprint density at radius 3 is 2.89 bits per heavy atom. The van der Waals surface area contributed by atoms with E-state index in [2.05, 4.69) is 10.6 Å². The molecule has 0 spiro atoms. The van der Waals surface area contributed by atoms with Crippen molar-refractivity contribution in [1.29, 1.82) is 0 Å². The van der Waals surface area contributed by atoms with Crippen LogP contribution in [-0.4, -0.2) is 25.6 Å². The van der Waals surface area contributed by atoms with Gasteiger partial charge in [-0.1, -0.05) is 0 Å². The summed E-state index contributed by atoms with van der Waals surface area (Å²) in [5, 5.41) is 5.74. The Morgan fingerprint density at radius 2 is 2.26 bits per heavy atom. The van der Waals surface area contributed by atoms with E-state index in [1.807, 2.05) is 0 Å². The van der Waals surface area contributed by atoms with Crippen molar-refractivity contribution in [2.75, 3.05) is 24.7 Å². The predicted octanol–water partition coefficient (Wildman–Crippen LogP) is 1.50. The summed E-state index contributed by atoms with van der Waals surface area (Å²) in [5.74, 6) is -0.0648. The predicted molar refractivity (Wildman–Crippen MR) is 71.6 cm³/mol. The molecule has 0 saturated heterocycles. The number of carbonyl (C=O) groups is 1. The minimum atomic E-state index is -0.457. The lowest BCUT2D eigenvalue weighted by Gasteiger charge is -2.11. The Labute approximate surface area is 111 Å². The first kappa shape index (κ1) is 13.5. The Hall–Kier alpha value is -1.98. The maximum absolute atomic E-state index is 13.6. The highest BCUT2D eigenvalue weighted by atomic mass is 19.1. The molecule has 1 saturated carbocycles. The molecule has 0 bridgehead atoms. The van der Waals surface area contributed by atoms with E-state index in [0.717, 1.165) is 12.8 Å². The van der Waals surface area contributed by atoms with E-state index >= 15 is 0 Å². The Bertz CT molecular complexity index is 475. The van der Waals surface area contributed by atoms with E-state index in [9.17, 15) is 9.18 Å². The van der Waals surface area contributed by atoms with Crippen molar-refractivity contribution in [3.63, 3.8) is 0 Å². The minimum Gasteiger partial charge on any atom is -0.495 e. The van der Waals surface area contributed by atoms with Crippen LogP contribution < -0.4 is 21.1 Å². The second-order valence-corrected chi connectivity index (χ2v) is 4.59. The van der Waals surface area contributed by atoms with Crippen LogP contribution in [0.25, 0.3) is 0 Å². The first-order chi connectivity index (χ1) is 9.10. The van der Waals surface area contributed by atoms with Crippen molar-refractivity contribution in [3.05, 3.63) is 17.9 Å². The quantitative estimate of drug-likeness (QED) is 0.683. The van der Waals surface area contributed by atoms with Gasteiger partial charge in [-0.25, -0.2) is 4.39 Å². The number of methoxy groups -OCH3 is 1. The Morgan fingerprint density at radius 1 is 1.53 bits per heavy atom. The average Bonchev–Trinajstić information content (AvgIpc) is 3.15. The molecule has 0 atom stereocenters. The molecule has 5 nitrogen and oxygen atoms in total. The molecule has 1 amide bonds. The van der Waals surface area contributed by atoms with Gasteiger partial charge in [-0.3, -0.25) is 4.79 Å². The number of carbonyl (C=O) groups excluding carboxylic acids is 1. The van der Waals surface area contributed by atoms with E-state index in [-0.39, 0.29) is 17.3 Å². The van der Waals surface area contributed by atoms with E-state index < -0.39 is 5.82 Å². The number of nitrogens with one attached hydrogen (secondary N) is 2. The van der Waals surface area contributed by atoms with Crippen molar-refractivity contribution >= 4 is 17.3 Å². The van der Waals surface area contributed by atoms with Gasteiger partial charge in [0.25, 0.3) is 0 Å². The molecule has 1 aromatic rings. The van der Waals surface area contributed by atoms with Crippen LogP contribution in [0.1, 0.15) is 19.3 Å². The van der Waals surface area contributed by atoms with Gasteiger partial charge in [-0.15, -0.1) is 0 Å². The van der Waals surface area contributed by atoms with Gasteiger partial charge in [0, 0.05) is 31.1 Å². The van der Waals surface area contributed by atoms with Crippen LogP contribution in [0.3, 0.4) is 0 Å². The molecule has 19 heavy (non-hydrogen) atoms. The van der Waals surface area contributed by atoms with Crippen LogP contribution in [0.15, 0.2) is 12.1 Å². The van der Waals surface area contributed by atoms with Gasteiger partial charge in [0.2, 0.25) is 5.91 Å². The van der Waals surface area contributed by atoms with Crippen LogP contribution in [0, 0.1) is 5.82 Å². The molecule has 6 heteroatoms.